The maximum Gasteiger partial charge on any atom is 0.274 e. The van der Waals surface area contributed by atoms with Crippen molar-refractivity contribution in [1.82, 2.24) is 10.2 Å². The van der Waals surface area contributed by atoms with Crippen LogP contribution in [0, 0.1) is 0 Å². The molecule has 3 heterocycles. The number of hydrogen-bond donors (Lipinski definition) is 2. The third-order valence-electron chi connectivity index (χ3n) is 7.08. The number of carbonyl (C=O) groups excluding carboxylic acids is 1. The van der Waals surface area contributed by atoms with E-state index < -0.39 is 18.1 Å². The Kier molecular flexibility index (Phi) is 7.03. The molecular weight excluding hydrogens is 533 g/mol. The molecule has 2 N–H and O–H groups in total. The normalized spacial score (nSPS) is 19.2. The Hall–Kier alpha value is -2.36. The first kappa shape index (κ1) is 24.9. The molecule has 1 aliphatic carbocycles. The molecule has 0 radical (unpaired) electrons. The SMILES string of the molecule is O=C(N[C@H](CN1CCCC1)[C@H](O)c1ccc(OC2CC2)c(Cl)c1)C1=NOCc2c1ccc1sc(Cl)cc21. The zero-order chi connectivity index (χ0) is 25.5. The van der Waals surface area contributed by atoms with Crippen LogP contribution in [0.15, 0.2) is 41.6 Å². The Labute approximate surface area is 228 Å². The topological polar surface area (TPSA) is 83.4 Å². The number of carbonyl (C=O) groups is 1. The second-order valence-corrected chi connectivity index (χ2v) is 11.9. The van der Waals surface area contributed by atoms with E-state index in [1.165, 1.54) is 11.3 Å². The Morgan fingerprint density at radius 1 is 1.22 bits per heavy atom. The lowest BCUT2D eigenvalue weighted by Gasteiger charge is -2.29. The summed E-state index contributed by atoms with van der Waals surface area (Å²) in [6, 6.07) is 10.5. The van der Waals surface area contributed by atoms with Crippen molar-refractivity contribution in [1.29, 1.82) is 0 Å². The van der Waals surface area contributed by atoms with Gasteiger partial charge in [0, 0.05) is 27.8 Å². The van der Waals surface area contributed by atoms with Gasteiger partial charge >= 0.3 is 0 Å². The molecule has 37 heavy (non-hydrogen) atoms. The summed E-state index contributed by atoms with van der Waals surface area (Å²) in [5.74, 6) is 0.218. The smallest absolute Gasteiger partial charge is 0.274 e. The summed E-state index contributed by atoms with van der Waals surface area (Å²) in [4.78, 5) is 21.3. The fraction of sp³-hybridized carbons (Fsp3) is 0.407. The maximum atomic E-state index is 13.6. The van der Waals surface area contributed by atoms with E-state index in [1.807, 2.05) is 24.3 Å². The molecule has 2 aromatic carbocycles. The van der Waals surface area contributed by atoms with Crippen molar-refractivity contribution in [2.24, 2.45) is 5.16 Å². The summed E-state index contributed by atoms with van der Waals surface area (Å²) in [5, 5.41) is 20.0. The Balaban J connectivity index is 1.25. The fourth-order valence-corrected chi connectivity index (χ4v) is 6.40. The molecule has 2 atom stereocenters. The number of nitrogens with zero attached hydrogens (tertiary/aromatic N) is 2. The average molecular weight is 561 g/mol. The predicted octanol–water partition coefficient (Wildman–Crippen LogP) is 5.30. The van der Waals surface area contributed by atoms with Crippen molar-refractivity contribution in [3.8, 4) is 5.75 Å². The van der Waals surface area contributed by atoms with Crippen LogP contribution in [0.2, 0.25) is 9.36 Å². The zero-order valence-electron chi connectivity index (χ0n) is 20.1. The number of amides is 1. The van der Waals surface area contributed by atoms with Gasteiger partial charge in [-0.2, -0.15) is 0 Å². The summed E-state index contributed by atoms with van der Waals surface area (Å²) < 4.78 is 7.55. The molecule has 7 nitrogen and oxygen atoms in total. The molecule has 0 bridgehead atoms. The lowest BCUT2D eigenvalue weighted by atomic mass is 9.97. The van der Waals surface area contributed by atoms with Crippen LogP contribution in [0.25, 0.3) is 10.1 Å². The largest absolute Gasteiger partial charge is 0.489 e. The maximum absolute atomic E-state index is 13.6. The van der Waals surface area contributed by atoms with Gasteiger partial charge in [0.25, 0.3) is 5.91 Å². The number of benzene rings is 2. The average Bonchev–Trinajstić information content (AvgIpc) is 3.39. The Morgan fingerprint density at radius 2 is 2.03 bits per heavy atom. The van der Waals surface area contributed by atoms with Gasteiger partial charge in [-0.25, -0.2) is 0 Å². The van der Waals surface area contributed by atoms with E-state index in [1.54, 1.807) is 12.1 Å². The van der Waals surface area contributed by atoms with Gasteiger partial charge in [0.15, 0.2) is 5.71 Å². The summed E-state index contributed by atoms with van der Waals surface area (Å²) in [6.45, 7) is 2.63. The number of aliphatic hydroxyl groups is 1. The summed E-state index contributed by atoms with van der Waals surface area (Å²) in [5.41, 5.74) is 2.41. The first-order chi connectivity index (χ1) is 18.0. The van der Waals surface area contributed by atoms with Crippen LogP contribution in [-0.4, -0.2) is 53.4 Å². The molecule has 0 unspecified atom stereocenters. The second-order valence-electron chi connectivity index (χ2n) is 9.81. The third kappa shape index (κ3) is 5.31. The van der Waals surface area contributed by atoms with Crippen molar-refractivity contribution in [3.63, 3.8) is 0 Å². The van der Waals surface area contributed by atoms with Crippen LogP contribution in [0.5, 0.6) is 5.75 Å². The van der Waals surface area contributed by atoms with Crippen LogP contribution in [0.1, 0.15) is 48.5 Å². The Morgan fingerprint density at radius 3 is 2.78 bits per heavy atom. The van der Waals surface area contributed by atoms with E-state index in [9.17, 15) is 9.90 Å². The number of thiophene rings is 1. The standard InChI is InChI=1S/C27H27Cl2N3O4S/c28-20-11-15(3-7-22(20)36-16-4-5-16)26(33)21(13-32-9-1-2-10-32)30-27(34)25-17-6-8-23-18(12-24(29)37-23)19(17)14-35-31-25/h3,6-8,11-12,16,21,26,33H,1-2,4-5,9-10,13-14H2,(H,30,34)/t21-,26-/m1/s1. The van der Waals surface area contributed by atoms with Gasteiger partial charge in [-0.3, -0.25) is 4.79 Å². The number of rotatable bonds is 8. The van der Waals surface area contributed by atoms with Crippen molar-refractivity contribution < 1.29 is 19.5 Å². The van der Waals surface area contributed by atoms with Gasteiger partial charge in [0.05, 0.1) is 21.5 Å². The molecule has 194 valence electrons. The molecule has 2 aliphatic heterocycles. The number of fused-ring (bicyclic) bond motifs is 3. The molecule has 1 saturated heterocycles. The number of ether oxygens (including phenoxy) is 1. The molecule has 6 rings (SSSR count). The van der Waals surface area contributed by atoms with Gasteiger partial charge in [-0.15, -0.1) is 11.3 Å². The van der Waals surface area contributed by atoms with Gasteiger partial charge < -0.3 is 24.9 Å². The van der Waals surface area contributed by atoms with E-state index in [0.29, 0.717) is 32.8 Å². The minimum atomic E-state index is -0.972. The number of nitrogens with one attached hydrogen (secondary N) is 1. The van der Waals surface area contributed by atoms with Crippen LogP contribution >= 0.6 is 34.5 Å². The molecule has 3 aromatic rings. The molecule has 0 spiro atoms. The van der Waals surface area contributed by atoms with Gasteiger partial charge in [-0.1, -0.05) is 40.5 Å². The first-order valence-corrected chi connectivity index (χ1v) is 14.1. The highest BCUT2D eigenvalue weighted by Gasteiger charge is 2.31. The van der Waals surface area contributed by atoms with Crippen LogP contribution in [0.3, 0.4) is 0 Å². The number of oxime groups is 1. The minimum absolute atomic E-state index is 0.190. The van der Waals surface area contributed by atoms with Crippen molar-refractivity contribution in [3.05, 3.63) is 62.4 Å². The monoisotopic (exact) mass is 559 g/mol. The molecule has 1 aromatic heterocycles. The highest BCUT2D eigenvalue weighted by molar-refractivity contribution is 7.22. The van der Waals surface area contributed by atoms with E-state index in [2.05, 4.69) is 15.4 Å². The van der Waals surface area contributed by atoms with E-state index in [4.69, 9.17) is 32.8 Å². The zero-order valence-corrected chi connectivity index (χ0v) is 22.4. The van der Waals surface area contributed by atoms with Crippen LogP contribution in [-0.2, 0) is 16.2 Å². The van der Waals surface area contributed by atoms with E-state index in [-0.39, 0.29) is 18.4 Å². The molecule has 1 saturated carbocycles. The van der Waals surface area contributed by atoms with Crippen molar-refractivity contribution in [2.75, 3.05) is 19.6 Å². The van der Waals surface area contributed by atoms with Gasteiger partial charge in [0.2, 0.25) is 0 Å². The number of halogens is 2. The lowest BCUT2D eigenvalue weighted by molar-refractivity contribution is -0.116. The van der Waals surface area contributed by atoms with Crippen LogP contribution in [0.4, 0.5) is 0 Å². The van der Waals surface area contributed by atoms with Crippen molar-refractivity contribution >= 4 is 56.2 Å². The number of hydrogen-bond acceptors (Lipinski definition) is 7. The molecular formula is C27H27Cl2N3O4S. The van der Waals surface area contributed by atoms with E-state index >= 15 is 0 Å². The fourth-order valence-electron chi connectivity index (χ4n) is 4.99. The molecule has 2 fully saturated rings. The van der Waals surface area contributed by atoms with E-state index in [0.717, 1.165) is 54.4 Å². The summed E-state index contributed by atoms with van der Waals surface area (Å²) in [6.07, 6.45) is 3.52. The Bertz CT molecular complexity index is 1370. The second kappa shape index (κ2) is 10.4. The highest BCUT2D eigenvalue weighted by Crippen LogP contribution is 2.36. The van der Waals surface area contributed by atoms with Crippen LogP contribution < -0.4 is 10.1 Å². The summed E-state index contributed by atoms with van der Waals surface area (Å²) in [7, 11) is 0. The lowest BCUT2D eigenvalue weighted by Crippen LogP contribution is -2.49. The number of aliphatic hydroxyl groups excluding tert-OH is 1. The van der Waals surface area contributed by atoms with Crippen molar-refractivity contribution in [2.45, 2.75) is 50.5 Å². The first-order valence-electron chi connectivity index (χ1n) is 12.5. The predicted molar refractivity (Wildman–Crippen MR) is 146 cm³/mol. The molecule has 1 amide bonds. The van der Waals surface area contributed by atoms with Gasteiger partial charge in [0.1, 0.15) is 18.5 Å². The minimum Gasteiger partial charge on any atom is -0.489 e. The third-order valence-corrected chi connectivity index (χ3v) is 8.61. The summed E-state index contributed by atoms with van der Waals surface area (Å²) >= 11 is 14.2. The van der Waals surface area contributed by atoms with Gasteiger partial charge in [-0.05, 0) is 68.6 Å². The molecule has 3 aliphatic rings. The number of likely N-dealkylation sites (tertiary alicyclic amines) is 1. The quantitative estimate of drug-likeness (QED) is 0.391. The highest BCUT2D eigenvalue weighted by atomic mass is 35.5. The molecule has 10 heteroatoms.